The van der Waals surface area contributed by atoms with Crippen molar-refractivity contribution < 1.29 is 24.1 Å². The van der Waals surface area contributed by atoms with E-state index in [9.17, 15) is 5.11 Å². The summed E-state index contributed by atoms with van der Waals surface area (Å²) in [5, 5.41) is 10.8. The van der Waals surface area contributed by atoms with Crippen LogP contribution in [0.3, 0.4) is 0 Å². The van der Waals surface area contributed by atoms with Crippen LogP contribution >= 0.6 is 0 Å². The van der Waals surface area contributed by atoms with Gasteiger partial charge in [0.05, 0.1) is 19.8 Å². The molecule has 1 fully saturated rings. The van der Waals surface area contributed by atoms with Gasteiger partial charge < -0.3 is 24.1 Å². The van der Waals surface area contributed by atoms with Gasteiger partial charge in [-0.25, -0.2) is 0 Å². The lowest BCUT2D eigenvalue weighted by Gasteiger charge is -2.43. The SMILES string of the molecule is C=C[C@@H]1OC(O)[C@@H](OCc2ccccc2)[C@@H](OCc2ccccc2)[C@H]1OCc1ccccc1. The van der Waals surface area contributed by atoms with Gasteiger partial charge in [-0.2, -0.15) is 0 Å². The molecule has 33 heavy (non-hydrogen) atoms. The topological polar surface area (TPSA) is 57.2 Å². The van der Waals surface area contributed by atoms with Gasteiger partial charge in [0.25, 0.3) is 0 Å². The third-order valence-electron chi connectivity index (χ3n) is 5.64. The van der Waals surface area contributed by atoms with Gasteiger partial charge in [-0.05, 0) is 16.7 Å². The van der Waals surface area contributed by atoms with Crippen LogP contribution in [0.2, 0.25) is 0 Å². The van der Waals surface area contributed by atoms with E-state index in [0.29, 0.717) is 19.8 Å². The minimum Gasteiger partial charge on any atom is -0.368 e. The molecule has 1 aliphatic rings. The van der Waals surface area contributed by atoms with Crippen LogP contribution in [0.5, 0.6) is 0 Å². The summed E-state index contributed by atoms with van der Waals surface area (Å²) in [6.07, 6.45) is -1.87. The van der Waals surface area contributed by atoms with Crippen LogP contribution in [0, 0.1) is 0 Å². The molecule has 0 aliphatic carbocycles. The fourth-order valence-corrected chi connectivity index (χ4v) is 3.90. The minimum atomic E-state index is -1.17. The van der Waals surface area contributed by atoms with Gasteiger partial charge in [0.1, 0.15) is 24.4 Å². The predicted octanol–water partition coefficient (Wildman–Crippen LogP) is 4.65. The van der Waals surface area contributed by atoms with Crippen molar-refractivity contribution in [1.82, 2.24) is 0 Å². The number of ether oxygens (including phenoxy) is 4. The molecule has 0 radical (unpaired) electrons. The second-order valence-corrected chi connectivity index (χ2v) is 8.01. The number of hydrogen-bond donors (Lipinski definition) is 1. The zero-order valence-corrected chi connectivity index (χ0v) is 18.5. The molecule has 5 atom stereocenters. The quantitative estimate of drug-likeness (QED) is 0.460. The van der Waals surface area contributed by atoms with Gasteiger partial charge in [-0.15, -0.1) is 6.58 Å². The van der Waals surface area contributed by atoms with Crippen LogP contribution in [-0.2, 0) is 38.8 Å². The molecule has 0 bridgehead atoms. The van der Waals surface area contributed by atoms with Gasteiger partial charge in [0.2, 0.25) is 0 Å². The second-order valence-electron chi connectivity index (χ2n) is 8.01. The average Bonchev–Trinajstić information content (AvgIpc) is 2.87. The first-order chi connectivity index (χ1) is 16.2. The highest BCUT2D eigenvalue weighted by Crippen LogP contribution is 2.30. The Labute approximate surface area is 195 Å². The molecule has 1 aliphatic heterocycles. The lowest BCUT2D eigenvalue weighted by Crippen LogP contribution is -2.59. The van der Waals surface area contributed by atoms with Gasteiger partial charge in [0.15, 0.2) is 6.29 Å². The van der Waals surface area contributed by atoms with Crippen molar-refractivity contribution in [3.8, 4) is 0 Å². The lowest BCUT2D eigenvalue weighted by molar-refractivity contribution is -0.302. The highest BCUT2D eigenvalue weighted by atomic mass is 16.7. The third kappa shape index (κ3) is 6.38. The van der Waals surface area contributed by atoms with E-state index in [1.54, 1.807) is 6.08 Å². The Hall–Kier alpha value is -2.80. The summed E-state index contributed by atoms with van der Waals surface area (Å²) in [6.45, 7) is 4.94. The van der Waals surface area contributed by atoms with Crippen molar-refractivity contribution in [1.29, 1.82) is 0 Å². The molecule has 1 heterocycles. The summed E-state index contributed by atoms with van der Waals surface area (Å²) < 4.78 is 24.6. The molecule has 3 aromatic rings. The molecule has 5 nitrogen and oxygen atoms in total. The van der Waals surface area contributed by atoms with Crippen molar-refractivity contribution in [3.63, 3.8) is 0 Å². The normalized spacial score (nSPS) is 24.9. The summed E-state index contributed by atoms with van der Waals surface area (Å²) in [5.41, 5.74) is 3.06. The monoisotopic (exact) mass is 446 g/mol. The Morgan fingerprint density at radius 2 is 1.03 bits per heavy atom. The summed E-state index contributed by atoms with van der Waals surface area (Å²) in [5.74, 6) is 0. The summed E-state index contributed by atoms with van der Waals surface area (Å²) in [6, 6.07) is 29.6. The molecule has 0 amide bonds. The fourth-order valence-electron chi connectivity index (χ4n) is 3.90. The molecule has 5 heteroatoms. The second kappa shape index (κ2) is 11.9. The fraction of sp³-hybridized carbons (Fsp3) is 0.286. The van der Waals surface area contributed by atoms with E-state index in [1.165, 1.54) is 0 Å². The first-order valence-electron chi connectivity index (χ1n) is 11.2. The largest absolute Gasteiger partial charge is 0.368 e. The van der Waals surface area contributed by atoms with Crippen LogP contribution in [0.25, 0.3) is 0 Å². The predicted molar refractivity (Wildman–Crippen MR) is 126 cm³/mol. The molecule has 4 rings (SSSR count). The molecule has 1 unspecified atom stereocenters. The maximum atomic E-state index is 10.8. The molecule has 1 saturated heterocycles. The van der Waals surface area contributed by atoms with Crippen LogP contribution in [0.4, 0.5) is 0 Å². The minimum absolute atomic E-state index is 0.321. The van der Waals surface area contributed by atoms with Gasteiger partial charge in [0, 0.05) is 0 Å². The van der Waals surface area contributed by atoms with Crippen LogP contribution < -0.4 is 0 Å². The summed E-state index contributed by atoms with van der Waals surface area (Å²) >= 11 is 0. The molecule has 0 aromatic heterocycles. The Bertz CT molecular complexity index is 963. The standard InChI is InChI=1S/C28H30O5/c1-2-24-25(30-18-21-12-6-3-7-13-21)26(31-19-22-14-8-4-9-15-22)27(28(29)33-24)32-20-23-16-10-5-11-17-23/h2-17,24-29H,1,18-20H2/t24-,25-,26-,27-,28?/m0/s1. The van der Waals surface area contributed by atoms with Crippen molar-refractivity contribution in [2.45, 2.75) is 50.5 Å². The van der Waals surface area contributed by atoms with E-state index in [-0.39, 0.29) is 0 Å². The van der Waals surface area contributed by atoms with Crippen LogP contribution in [0.15, 0.2) is 104 Å². The number of benzene rings is 3. The molecular weight excluding hydrogens is 416 g/mol. The van der Waals surface area contributed by atoms with E-state index < -0.39 is 30.7 Å². The zero-order chi connectivity index (χ0) is 22.9. The van der Waals surface area contributed by atoms with Crippen molar-refractivity contribution >= 4 is 0 Å². The molecule has 0 saturated carbocycles. The molecule has 0 spiro atoms. The molecule has 172 valence electrons. The Balaban J connectivity index is 1.54. The number of hydrogen-bond acceptors (Lipinski definition) is 5. The van der Waals surface area contributed by atoms with Crippen LogP contribution in [-0.4, -0.2) is 35.8 Å². The number of aliphatic hydroxyl groups is 1. The maximum absolute atomic E-state index is 10.8. The zero-order valence-electron chi connectivity index (χ0n) is 18.5. The first-order valence-corrected chi connectivity index (χ1v) is 11.2. The maximum Gasteiger partial charge on any atom is 0.184 e. The third-order valence-corrected chi connectivity index (χ3v) is 5.64. The van der Waals surface area contributed by atoms with E-state index in [2.05, 4.69) is 6.58 Å². The van der Waals surface area contributed by atoms with E-state index >= 15 is 0 Å². The lowest BCUT2D eigenvalue weighted by atomic mass is 9.97. The van der Waals surface area contributed by atoms with Crippen LogP contribution in [0.1, 0.15) is 16.7 Å². The number of rotatable bonds is 10. The smallest absolute Gasteiger partial charge is 0.184 e. The average molecular weight is 447 g/mol. The Morgan fingerprint density at radius 3 is 1.45 bits per heavy atom. The first kappa shape index (κ1) is 23.4. The van der Waals surface area contributed by atoms with Gasteiger partial charge >= 0.3 is 0 Å². The summed E-state index contributed by atoms with van der Waals surface area (Å²) in [7, 11) is 0. The van der Waals surface area contributed by atoms with E-state index in [0.717, 1.165) is 16.7 Å². The summed E-state index contributed by atoms with van der Waals surface area (Å²) in [4.78, 5) is 0. The van der Waals surface area contributed by atoms with Crippen molar-refractivity contribution in [2.24, 2.45) is 0 Å². The Morgan fingerprint density at radius 1 is 0.636 bits per heavy atom. The van der Waals surface area contributed by atoms with E-state index in [4.69, 9.17) is 18.9 Å². The highest BCUT2D eigenvalue weighted by Gasteiger charge is 2.46. The van der Waals surface area contributed by atoms with Gasteiger partial charge in [-0.3, -0.25) is 0 Å². The van der Waals surface area contributed by atoms with E-state index in [1.807, 2.05) is 91.0 Å². The van der Waals surface area contributed by atoms with Crippen molar-refractivity contribution in [3.05, 3.63) is 120 Å². The van der Waals surface area contributed by atoms with Gasteiger partial charge in [-0.1, -0.05) is 97.1 Å². The molecule has 3 aromatic carbocycles. The number of aliphatic hydroxyl groups excluding tert-OH is 1. The molecule has 1 N–H and O–H groups in total. The Kier molecular flexibility index (Phi) is 8.41. The highest BCUT2D eigenvalue weighted by molar-refractivity contribution is 5.16. The molecular formula is C28H30O5. The van der Waals surface area contributed by atoms with Crippen molar-refractivity contribution in [2.75, 3.05) is 0 Å².